The minimum atomic E-state index is -3.34. The third kappa shape index (κ3) is 5.91. The van der Waals surface area contributed by atoms with Gasteiger partial charge in [-0.15, -0.1) is 0 Å². The van der Waals surface area contributed by atoms with Gasteiger partial charge in [-0.1, -0.05) is 12.1 Å². The smallest absolute Gasteiger partial charge is 0.304 e. The number of pyridine rings is 1. The van der Waals surface area contributed by atoms with E-state index < -0.39 is 35.8 Å². The summed E-state index contributed by atoms with van der Waals surface area (Å²) in [5.74, 6) is -4.77. The van der Waals surface area contributed by atoms with Gasteiger partial charge in [-0.25, -0.2) is 8.78 Å². The number of nitrogens with one attached hydrogen (secondary N) is 2. The average Bonchev–Trinajstić information content (AvgIpc) is 2.81. The number of rotatable bonds is 6. The lowest BCUT2D eigenvalue weighted by atomic mass is 10.1. The van der Waals surface area contributed by atoms with Gasteiger partial charge >= 0.3 is 12.3 Å². The predicted octanol–water partition coefficient (Wildman–Crippen LogP) is 3.23. The van der Waals surface area contributed by atoms with Crippen molar-refractivity contribution >= 4 is 23.4 Å². The third-order valence-electron chi connectivity index (χ3n) is 4.43. The number of alkyl halides is 2. The Balaban J connectivity index is 1.85. The molecule has 11 heteroatoms. The fraction of sp³-hybridized carbons (Fsp3) is 0.0909. The summed E-state index contributed by atoms with van der Waals surface area (Å²) in [5, 5.41) is 0. The number of carbonyl (C=O) groups is 3. The van der Waals surface area contributed by atoms with E-state index in [-0.39, 0.29) is 28.9 Å². The molecule has 1 heterocycles. The van der Waals surface area contributed by atoms with Gasteiger partial charge in [-0.3, -0.25) is 30.2 Å². The Hall–Kier alpha value is -4.28. The lowest BCUT2D eigenvalue weighted by molar-refractivity contribution is -0.132. The van der Waals surface area contributed by atoms with Gasteiger partial charge in [0.25, 0.3) is 11.8 Å². The number of aromatic nitrogens is 1. The van der Waals surface area contributed by atoms with Crippen molar-refractivity contribution in [1.29, 1.82) is 0 Å². The average molecular weight is 460 g/mol. The number of halogens is 4. The van der Waals surface area contributed by atoms with Crippen molar-refractivity contribution < 1.29 is 31.9 Å². The molecule has 170 valence electrons. The van der Waals surface area contributed by atoms with Crippen molar-refractivity contribution in [2.24, 2.45) is 0 Å². The van der Waals surface area contributed by atoms with E-state index in [1.807, 2.05) is 0 Å². The Morgan fingerprint density at radius 1 is 0.909 bits per heavy atom. The summed E-state index contributed by atoms with van der Waals surface area (Å²) in [5.41, 5.74) is 3.39. The quantitative estimate of drug-likeness (QED) is 0.437. The summed E-state index contributed by atoms with van der Waals surface area (Å²) < 4.78 is 52.9. The number of amides is 3. The minimum Gasteiger partial charge on any atom is -0.304 e. The van der Waals surface area contributed by atoms with Crippen LogP contribution in [0.2, 0.25) is 0 Å². The summed E-state index contributed by atoms with van der Waals surface area (Å²) in [4.78, 5) is 40.8. The van der Waals surface area contributed by atoms with E-state index in [4.69, 9.17) is 0 Å². The van der Waals surface area contributed by atoms with Crippen LogP contribution in [0.5, 0.6) is 0 Å². The van der Waals surface area contributed by atoms with Crippen molar-refractivity contribution in [3.05, 3.63) is 95.3 Å². The van der Waals surface area contributed by atoms with Gasteiger partial charge in [-0.2, -0.15) is 8.78 Å². The molecule has 7 nitrogen and oxygen atoms in total. The van der Waals surface area contributed by atoms with E-state index in [1.165, 1.54) is 60.3 Å². The Bertz CT molecular complexity index is 1180. The van der Waals surface area contributed by atoms with Crippen LogP contribution in [-0.2, 0) is 11.3 Å². The summed E-state index contributed by atoms with van der Waals surface area (Å²) in [7, 11) is 0. The summed E-state index contributed by atoms with van der Waals surface area (Å²) >= 11 is 0. The second kappa shape index (κ2) is 10.4. The number of hydrazine groups is 1. The molecule has 1 aromatic heterocycles. The molecule has 0 unspecified atom stereocenters. The monoisotopic (exact) mass is 460 g/mol. The van der Waals surface area contributed by atoms with Gasteiger partial charge in [0.2, 0.25) is 0 Å². The molecule has 0 fully saturated rings. The molecule has 3 aromatic rings. The fourth-order valence-electron chi connectivity index (χ4n) is 2.81. The number of nitrogens with zero attached hydrogens (tertiary/aromatic N) is 2. The number of benzene rings is 2. The molecule has 3 amide bonds. The van der Waals surface area contributed by atoms with Crippen LogP contribution in [0.1, 0.15) is 26.3 Å². The van der Waals surface area contributed by atoms with Crippen LogP contribution in [0.3, 0.4) is 0 Å². The highest BCUT2D eigenvalue weighted by molar-refractivity contribution is 6.06. The van der Waals surface area contributed by atoms with Gasteiger partial charge in [0.15, 0.2) is 0 Å². The lowest BCUT2D eigenvalue weighted by Gasteiger charge is -2.23. The number of hydrogen-bond acceptors (Lipinski definition) is 4. The minimum absolute atomic E-state index is 0.00478. The zero-order valence-electron chi connectivity index (χ0n) is 16.8. The second-order valence-electron chi connectivity index (χ2n) is 6.66. The molecule has 0 saturated carbocycles. The SMILES string of the molecule is O=C(NNC(=O)C(F)F)c1ccc(CN(C(=O)c2ccncc2)c2cccc(F)c2)c(F)c1. The molecule has 0 atom stereocenters. The lowest BCUT2D eigenvalue weighted by Crippen LogP contribution is -2.44. The molecule has 0 bridgehead atoms. The van der Waals surface area contributed by atoms with Gasteiger partial charge in [0.1, 0.15) is 11.6 Å². The first-order valence-electron chi connectivity index (χ1n) is 9.40. The Labute approximate surface area is 185 Å². The molecular weight excluding hydrogens is 444 g/mol. The standard InChI is InChI=1S/C22H16F4N4O3/c23-16-2-1-3-17(11-16)30(22(33)13-6-8-27-9-7-13)12-15-5-4-14(10-18(15)24)20(31)28-29-21(32)19(25)26/h1-11,19H,12H2,(H,28,31)(H,29,32). The molecule has 2 aromatic carbocycles. The zero-order valence-corrected chi connectivity index (χ0v) is 16.8. The molecule has 0 aliphatic carbocycles. The normalized spacial score (nSPS) is 10.6. The fourth-order valence-corrected chi connectivity index (χ4v) is 2.81. The van der Waals surface area contributed by atoms with E-state index in [2.05, 4.69) is 4.98 Å². The second-order valence-corrected chi connectivity index (χ2v) is 6.66. The third-order valence-corrected chi connectivity index (χ3v) is 4.43. The first-order chi connectivity index (χ1) is 15.8. The molecule has 3 rings (SSSR count). The van der Waals surface area contributed by atoms with E-state index in [0.29, 0.717) is 0 Å². The first-order valence-corrected chi connectivity index (χ1v) is 9.40. The molecule has 0 aliphatic rings. The van der Waals surface area contributed by atoms with Gasteiger partial charge in [0, 0.05) is 34.8 Å². The van der Waals surface area contributed by atoms with Crippen molar-refractivity contribution in [2.75, 3.05) is 4.90 Å². The largest absolute Gasteiger partial charge is 0.317 e. The van der Waals surface area contributed by atoms with Gasteiger partial charge in [-0.05, 0) is 42.5 Å². The van der Waals surface area contributed by atoms with Crippen LogP contribution in [-0.4, -0.2) is 29.1 Å². The summed E-state index contributed by atoms with van der Waals surface area (Å²) in [6.07, 6.45) is -0.536. The summed E-state index contributed by atoms with van der Waals surface area (Å²) in [6, 6.07) is 11.3. The van der Waals surface area contributed by atoms with Gasteiger partial charge in [0.05, 0.1) is 6.54 Å². The van der Waals surface area contributed by atoms with Crippen LogP contribution in [0.25, 0.3) is 0 Å². The zero-order chi connectivity index (χ0) is 24.0. The Morgan fingerprint density at radius 3 is 2.27 bits per heavy atom. The van der Waals surface area contributed by atoms with E-state index in [9.17, 15) is 31.9 Å². The first kappa shape index (κ1) is 23.4. The van der Waals surface area contributed by atoms with Crippen LogP contribution in [0, 0.1) is 11.6 Å². The summed E-state index contributed by atoms with van der Waals surface area (Å²) in [6.45, 7) is -0.305. The van der Waals surface area contributed by atoms with Crippen molar-refractivity contribution in [1.82, 2.24) is 15.8 Å². The van der Waals surface area contributed by atoms with Crippen molar-refractivity contribution in [3.63, 3.8) is 0 Å². The topological polar surface area (TPSA) is 91.4 Å². The van der Waals surface area contributed by atoms with Crippen LogP contribution in [0.4, 0.5) is 23.2 Å². The number of hydrogen-bond donors (Lipinski definition) is 2. The van der Waals surface area contributed by atoms with Crippen LogP contribution < -0.4 is 15.8 Å². The molecular formula is C22H16F4N4O3. The predicted molar refractivity (Wildman–Crippen MR) is 109 cm³/mol. The molecule has 0 spiro atoms. The molecule has 33 heavy (non-hydrogen) atoms. The number of carbonyl (C=O) groups excluding carboxylic acids is 3. The molecule has 0 aliphatic heterocycles. The maximum absolute atomic E-state index is 14.7. The maximum atomic E-state index is 14.7. The van der Waals surface area contributed by atoms with E-state index in [0.717, 1.165) is 17.0 Å². The van der Waals surface area contributed by atoms with E-state index in [1.54, 1.807) is 5.43 Å². The van der Waals surface area contributed by atoms with E-state index >= 15 is 0 Å². The van der Waals surface area contributed by atoms with Crippen LogP contribution in [0.15, 0.2) is 67.0 Å². The number of anilines is 1. The molecule has 0 saturated heterocycles. The molecule has 0 radical (unpaired) electrons. The highest BCUT2D eigenvalue weighted by Crippen LogP contribution is 2.23. The Morgan fingerprint density at radius 2 is 1.64 bits per heavy atom. The Kier molecular flexibility index (Phi) is 7.34. The highest BCUT2D eigenvalue weighted by Gasteiger charge is 2.21. The van der Waals surface area contributed by atoms with Crippen LogP contribution >= 0.6 is 0 Å². The van der Waals surface area contributed by atoms with Gasteiger partial charge < -0.3 is 4.90 Å². The highest BCUT2D eigenvalue weighted by atomic mass is 19.3. The maximum Gasteiger partial charge on any atom is 0.317 e. The van der Waals surface area contributed by atoms with Crippen molar-refractivity contribution in [2.45, 2.75) is 13.0 Å². The van der Waals surface area contributed by atoms with Crippen molar-refractivity contribution in [3.8, 4) is 0 Å². The molecule has 2 N–H and O–H groups in total.